The van der Waals surface area contributed by atoms with Crippen LogP contribution in [0.2, 0.25) is 0 Å². The molecule has 0 fully saturated rings. The van der Waals surface area contributed by atoms with Gasteiger partial charge < -0.3 is 15.0 Å². The first-order valence-electron chi connectivity index (χ1n) is 8.48. The zero-order chi connectivity index (χ0) is 18.1. The molecule has 0 bridgehead atoms. The van der Waals surface area contributed by atoms with Gasteiger partial charge in [-0.15, -0.1) is 0 Å². The van der Waals surface area contributed by atoms with Crippen LogP contribution in [0.5, 0.6) is 0 Å². The van der Waals surface area contributed by atoms with E-state index in [0.29, 0.717) is 30.0 Å². The summed E-state index contributed by atoms with van der Waals surface area (Å²) in [6.45, 7) is 2.49. The minimum atomic E-state index is -0.406. The molecule has 0 saturated carbocycles. The van der Waals surface area contributed by atoms with Crippen molar-refractivity contribution in [3.05, 3.63) is 64.1 Å². The number of Topliss-reactive ketones (excluding diaryl/α,β-unsaturated/α-hetero) is 1. The van der Waals surface area contributed by atoms with Crippen LogP contribution in [0.15, 0.2) is 47.3 Å². The molecule has 1 aromatic carbocycles. The summed E-state index contributed by atoms with van der Waals surface area (Å²) in [5.41, 5.74) is 3.51. The molecule has 1 unspecified atom stereocenters. The summed E-state index contributed by atoms with van der Waals surface area (Å²) in [5, 5.41) is 7.84. The molecule has 1 atom stereocenters. The lowest BCUT2D eigenvalue weighted by molar-refractivity contribution is -0.136. The van der Waals surface area contributed by atoms with Gasteiger partial charge in [-0.05, 0) is 30.0 Å². The molecule has 0 aliphatic carbocycles. The molecule has 26 heavy (non-hydrogen) atoms. The maximum Gasteiger partial charge on any atom is 0.341 e. The largest absolute Gasteiger partial charge is 0.462 e. The van der Waals surface area contributed by atoms with Gasteiger partial charge in [0.25, 0.3) is 0 Å². The molecule has 0 spiro atoms. The van der Waals surface area contributed by atoms with Gasteiger partial charge >= 0.3 is 5.97 Å². The standard InChI is InChI=1S/C20H18N2O3S/c1-2-25-20(24)15-10-21-9-14(19(23)12-7-8-26-11-12)17-13-5-3-4-6-16(13)22-18(15)17/h3-8,10-11,14,21-22H,2,9H2,1H3. The number of para-hydroxylation sites is 1. The molecular weight excluding hydrogens is 348 g/mol. The minimum absolute atomic E-state index is 0.0447. The molecule has 4 rings (SSSR count). The molecule has 2 aromatic heterocycles. The van der Waals surface area contributed by atoms with E-state index < -0.39 is 5.97 Å². The second kappa shape index (κ2) is 6.80. The van der Waals surface area contributed by atoms with Crippen LogP contribution in [0.4, 0.5) is 0 Å². The van der Waals surface area contributed by atoms with Crippen LogP contribution in [0.25, 0.3) is 16.5 Å². The number of ketones is 1. The van der Waals surface area contributed by atoms with E-state index in [-0.39, 0.29) is 11.7 Å². The van der Waals surface area contributed by atoms with Crippen molar-refractivity contribution in [2.75, 3.05) is 13.2 Å². The van der Waals surface area contributed by atoms with E-state index in [1.54, 1.807) is 13.1 Å². The van der Waals surface area contributed by atoms with Gasteiger partial charge in [0.2, 0.25) is 0 Å². The fraction of sp³-hybridized carbons (Fsp3) is 0.200. The van der Waals surface area contributed by atoms with Crippen LogP contribution in [0.1, 0.15) is 34.5 Å². The number of ether oxygens (including phenoxy) is 1. The molecule has 3 heterocycles. The van der Waals surface area contributed by atoms with E-state index in [0.717, 1.165) is 16.5 Å². The second-order valence-electron chi connectivity index (χ2n) is 6.07. The zero-order valence-corrected chi connectivity index (χ0v) is 15.1. The quantitative estimate of drug-likeness (QED) is 0.545. The van der Waals surface area contributed by atoms with Crippen molar-refractivity contribution < 1.29 is 14.3 Å². The lowest BCUT2D eigenvalue weighted by Gasteiger charge is -2.15. The minimum Gasteiger partial charge on any atom is -0.462 e. The highest BCUT2D eigenvalue weighted by molar-refractivity contribution is 7.08. The van der Waals surface area contributed by atoms with Crippen molar-refractivity contribution in [2.24, 2.45) is 0 Å². The Kier molecular flexibility index (Phi) is 4.34. The fourth-order valence-electron chi connectivity index (χ4n) is 3.39. The van der Waals surface area contributed by atoms with Gasteiger partial charge in [0.15, 0.2) is 5.78 Å². The number of esters is 1. The van der Waals surface area contributed by atoms with Gasteiger partial charge in [-0.2, -0.15) is 11.3 Å². The Hall–Kier alpha value is -2.86. The molecule has 2 N–H and O–H groups in total. The van der Waals surface area contributed by atoms with Crippen LogP contribution in [-0.2, 0) is 9.53 Å². The third kappa shape index (κ3) is 2.72. The van der Waals surface area contributed by atoms with Gasteiger partial charge in [0.1, 0.15) is 0 Å². The van der Waals surface area contributed by atoms with Crippen LogP contribution >= 0.6 is 11.3 Å². The maximum atomic E-state index is 13.1. The maximum absolute atomic E-state index is 13.1. The summed E-state index contributed by atoms with van der Waals surface area (Å²) in [6, 6.07) is 9.64. The van der Waals surface area contributed by atoms with E-state index >= 15 is 0 Å². The highest BCUT2D eigenvalue weighted by Gasteiger charge is 2.32. The number of hydrogen-bond donors (Lipinski definition) is 2. The molecule has 1 aliphatic rings. The Morgan fingerprint density at radius 1 is 1.27 bits per heavy atom. The molecule has 132 valence electrons. The SMILES string of the molecule is CCOC(=O)C1=CNCC(C(=O)c2ccsc2)c2c1[nH]c1ccccc21. The van der Waals surface area contributed by atoms with Gasteiger partial charge in [-0.25, -0.2) is 4.79 Å². The van der Waals surface area contributed by atoms with Crippen LogP contribution in [0, 0.1) is 0 Å². The molecular formula is C20H18N2O3S. The van der Waals surface area contributed by atoms with Crippen molar-refractivity contribution in [1.82, 2.24) is 10.3 Å². The van der Waals surface area contributed by atoms with Crippen molar-refractivity contribution in [3.63, 3.8) is 0 Å². The lowest BCUT2D eigenvalue weighted by Crippen LogP contribution is -2.23. The first-order valence-corrected chi connectivity index (χ1v) is 9.43. The van der Waals surface area contributed by atoms with E-state index in [1.165, 1.54) is 11.3 Å². The number of aromatic nitrogens is 1. The number of thiophene rings is 1. The Bertz CT molecular complexity index is 1000. The van der Waals surface area contributed by atoms with Crippen LogP contribution in [-0.4, -0.2) is 29.9 Å². The lowest BCUT2D eigenvalue weighted by atomic mass is 9.88. The summed E-state index contributed by atoms with van der Waals surface area (Å²) in [6.07, 6.45) is 1.65. The summed E-state index contributed by atoms with van der Waals surface area (Å²) in [5.74, 6) is -0.751. The van der Waals surface area contributed by atoms with Crippen LogP contribution < -0.4 is 5.32 Å². The van der Waals surface area contributed by atoms with E-state index in [9.17, 15) is 9.59 Å². The number of hydrogen-bond acceptors (Lipinski definition) is 5. The third-order valence-corrected chi connectivity index (χ3v) is 5.23. The van der Waals surface area contributed by atoms with Crippen molar-refractivity contribution in [3.8, 4) is 0 Å². The smallest absolute Gasteiger partial charge is 0.341 e. The van der Waals surface area contributed by atoms with Crippen LogP contribution in [0.3, 0.4) is 0 Å². The van der Waals surface area contributed by atoms with E-state index in [4.69, 9.17) is 4.74 Å². The summed E-state index contributed by atoms with van der Waals surface area (Å²) in [7, 11) is 0. The summed E-state index contributed by atoms with van der Waals surface area (Å²) in [4.78, 5) is 28.9. The first-order chi connectivity index (χ1) is 12.7. The van der Waals surface area contributed by atoms with E-state index in [1.807, 2.05) is 41.1 Å². The van der Waals surface area contributed by atoms with Gasteiger partial charge in [0.05, 0.1) is 23.8 Å². The average molecular weight is 366 g/mol. The molecule has 0 radical (unpaired) electrons. The van der Waals surface area contributed by atoms with Gasteiger partial charge in [-0.3, -0.25) is 4.79 Å². The number of carbonyl (C=O) groups is 2. The molecule has 5 nitrogen and oxygen atoms in total. The van der Waals surface area contributed by atoms with Crippen molar-refractivity contribution in [2.45, 2.75) is 12.8 Å². The predicted molar refractivity (Wildman–Crippen MR) is 102 cm³/mol. The molecule has 0 amide bonds. The Balaban J connectivity index is 1.89. The fourth-order valence-corrected chi connectivity index (χ4v) is 4.04. The monoisotopic (exact) mass is 366 g/mol. The second-order valence-corrected chi connectivity index (χ2v) is 6.85. The molecule has 0 saturated heterocycles. The number of rotatable bonds is 4. The first kappa shape index (κ1) is 16.6. The van der Waals surface area contributed by atoms with E-state index in [2.05, 4.69) is 10.3 Å². The van der Waals surface area contributed by atoms with Gasteiger partial charge in [0, 0.05) is 34.6 Å². The number of aromatic amines is 1. The number of nitrogens with one attached hydrogen (secondary N) is 2. The Morgan fingerprint density at radius 2 is 2.12 bits per heavy atom. The normalized spacial score (nSPS) is 16.3. The zero-order valence-electron chi connectivity index (χ0n) is 14.2. The number of fused-ring (bicyclic) bond motifs is 3. The van der Waals surface area contributed by atoms with Crippen molar-refractivity contribution in [1.29, 1.82) is 0 Å². The summed E-state index contributed by atoms with van der Waals surface area (Å²) >= 11 is 1.50. The highest BCUT2D eigenvalue weighted by atomic mass is 32.1. The highest BCUT2D eigenvalue weighted by Crippen LogP contribution is 2.36. The molecule has 3 aromatic rings. The Labute approximate surface area is 154 Å². The topological polar surface area (TPSA) is 71.2 Å². The average Bonchev–Trinajstić information content (AvgIpc) is 3.26. The van der Waals surface area contributed by atoms with Gasteiger partial charge in [-0.1, -0.05) is 18.2 Å². The van der Waals surface area contributed by atoms with Crippen molar-refractivity contribution >= 4 is 39.6 Å². The number of benzene rings is 1. The summed E-state index contributed by atoms with van der Waals surface area (Å²) < 4.78 is 5.21. The molecule has 6 heteroatoms. The third-order valence-electron chi connectivity index (χ3n) is 4.55. The number of H-pyrrole nitrogens is 1. The number of carbonyl (C=O) groups excluding carboxylic acids is 2. The predicted octanol–water partition coefficient (Wildman–Crippen LogP) is 3.70. The molecule has 1 aliphatic heterocycles. The Morgan fingerprint density at radius 3 is 2.88 bits per heavy atom.